The molecule has 0 unspecified atom stereocenters. The van der Waals surface area contributed by atoms with Crippen LogP contribution in [0.25, 0.3) is 0 Å². The average Bonchev–Trinajstić information content (AvgIpc) is 3.23. The molecule has 2 heteroatoms. The molecule has 1 saturated carbocycles. The Morgan fingerprint density at radius 3 is 2.40 bits per heavy atom. The first-order valence-electron chi connectivity index (χ1n) is 7.57. The number of hydrogen-bond donors (Lipinski definition) is 0. The minimum Gasteiger partial charge on any atom is -0.497 e. The molecule has 1 aliphatic carbocycles. The smallest absolute Gasteiger partial charge is 0.118 e. The van der Waals surface area contributed by atoms with Gasteiger partial charge in [-0.25, -0.2) is 0 Å². The summed E-state index contributed by atoms with van der Waals surface area (Å²) in [5, 5.41) is 0. The number of hydrogen-bond acceptors (Lipinski definition) is 1. The van der Waals surface area contributed by atoms with Gasteiger partial charge >= 0.3 is 0 Å². The van der Waals surface area contributed by atoms with Crippen molar-refractivity contribution in [3.8, 4) is 5.75 Å². The van der Waals surface area contributed by atoms with Crippen LogP contribution in [0.5, 0.6) is 5.75 Å². The van der Waals surface area contributed by atoms with Crippen LogP contribution in [-0.2, 0) is 6.42 Å². The van der Waals surface area contributed by atoms with Gasteiger partial charge in [0, 0.05) is 0 Å². The standard InChI is InChI=1S/C18H26OSi/c1-19-18-11-6-15(7-12-18)5-8-17(16-9-10-16)13-14-20(2,3)4/h6-7,11-12,14,16H,5,8-10H2,1-4H3. The maximum Gasteiger partial charge on any atom is 0.118 e. The molecule has 0 heterocycles. The van der Waals surface area contributed by atoms with E-state index >= 15 is 0 Å². The van der Waals surface area contributed by atoms with E-state index in [0.717, 1.165) is 24.5 Å². The van der Waals surface area contributed by atoms with Crippen molar-refractivity contribution in [3.05, 3.63) is 46.8 Å². The van der Waals surface area contributed by atoms with Gasteiger partial charge in [0.25, 0.3) is 0 Å². The van der Waals surface area contributed by atoms with Gasteiger partial charge in [0.15, 0.2) is 0 Å². The fourth-order valence-electron chi connectivity index (χ4n) is 2.21. The summed E-state index contributed by atoms with van der Waals surface area (Å²) < 4.78 is 5.20. The molecule has 108 valence electrons. The minimum atomic E-state index is -1.13. The normalized spacial score (nSPS) is 14.6. The lowest BCUT2D eigenvalue weighted by Gasteiger charge is -2.08. The Morgan fingerprint density at radius 2 is 1.90 bits per heavy atom. The summed E-state index contributed by atoms with van der Waals surface area (Å²) in [6.45, 7) is 7.11. The number of aryl methyl sites for hydroxylation is 1. The number of methoxy groups -OCH3 is 1. The molecule has 0 atom stereocenters. The molecule has 1 aromatic rings. The van der Waals surface area contributed by atoms with Crippen molar-refractivity contribution in [3.63, 3.8) is 0 Å². The van der Waals surface area contributed by atoms with Gasteiger partial charge in [-0.2, -0.15) is 0 Å². The topological polar surface area (TPSA) is 9.23 Å². The summed E-state index contributed by atoms with van der Waals surface area (Å²) >= 11 is 0. The molecule has 2 rings (SSSR count). The van der Waals surface area contributed by atoms with E-state index in [2.05, 4.69) is 43.2 Å². The van der Waals surface area contributed by atoms with Gasteiger partial charge in [-0.1, -0.05) is 37.5 Å². The largest absolute Gasteiger partial charge is 0.497 e. The average molecular weight is 286 g/mol. The van der Waals surface area contributed by atoms with Crippen LogP contribution in [0.4, 0.5) is 0 Å². The summed E-state index contributed by atoms with van der Waals surface area (Å²) in [6.07, 6.45) is 5.00. The Kier molecular flexibility index (Phi) is 4.90. The van der Waals surface area contributed by atoms with E-state index in [1.165, 1.54) is 18.4 Å². The van der Waals surface area contributed by atoms with Crippen LogP contribution in [-0.4, -0.2) is 15.2 Å². The Labute approximate surface area is 124 Å². The van der Waals surface area contributed by atoms with Gasteiger partial charge in [0.1, 0.15) is 5.75 Å². The van der Waals surface area contributed by atoms with Crippen LogP contribution in [0.3, 0.4) is 0 Å². The molecule has 1 fully saturated rings. The lowest BCUT2D eigenvalue weighted by Crippen LogP contribution is -2.14. The van der Waals surface area contributed by atoms with Crippen molar-refractivity contribution in [2.75, 3.05) is 7.11 Å². The van der Waals surface area contributed by atoms with Crippen LogP contribution < -0.4 is 4.74 Å². The molecular formula is C18H26OSi. The third-order valence-corrected chi connectivity index (χ3v) is 4.61. The number of ether oxygens (including phenoxy) is 1. The Hall–Kier alpha value is -1.24. The Bertz CT molecular complexity index is 497. The van der Waals surface area contributed by atoms with E-state index < -0.39 is 8.07 Å². The molecule has 20 heavy (non-hydrogen) atoms. The van der Waals surface area contributed by atoms with Crippen molar-refractivity contribution in [1.29, 1.82) is 0 Å². The van der Waals surface area contributed by atoms with Crippen LogP contribution in [0, 0.1) is 5.92 Å². The highest BCUT2D eigenvalue weighted by Crippen LogP contribution is 2.38. The zero-order chi connectivity index (χ0) is 14.6. The van der Waals surface area contributed by atoms with Crippen LogP contribution in [0.1, 0.15) is 24.8 Å². The van der Waals surface area contributed by atoms with Gasteiger partial charge < -0.3 is 4.74 Å². The molecule has 0 spiro atoms. The minimum absolute atomic E-state index is 0.820. The molecule has 0 aliphatic heterocycles. The molecule has 0 bridgehead atoms. The van der Waals surface area contributed by atoms with Gasteiger partial charge in [0.2, 0.25) is 0 Å². The number of benzene rings is 1. The first-order valence-corrected chi connectivity index (χ1v) is 11.2. The highest BCUT2D eigenvalue weighted by Gasteiger charge is 2.25. The molecule has 1 aromatic carbocycles. The molecule has 1 nitrogen and oxygen atoms in total. The van der Waals surface area contributed by atoms with Gasteiger partial charge in [0.05, 0.1) is 15.2 Å². The van der Waals surface area contributed by atoms with Crippen LogP contribution >= 0.6 is 0 Å². The highest BCUT2D eigenvalue weighted by atomic mass is 28.3. The third kappa shape index (κ3) is 5.03. The molecule has 0 aromatic heterocycles. The van der Waals surface area contributed by atoms with Crippen molar-refractivity contribution < 1.29 is 4.74 Å². The molecule has 0 N–H and O–H groups in total. The molecule has 1 aliphatic rings. The van der Waals surface area contributed by atoms with E-state index in [9.17, 15) is 0 Å². The number of allylic oxidation sites excluding steroid dienone is 1. The summed E-state index contributed by atoms with van der Waals surface area (Å²) in [5.41, 5.74) is 8.95. The molecular weight excluding hydrogens is 260 g/mol. The van der Waals surface area contributed by atoms with Crippen molar-refractivity contribution in [2.45, 2.75) is 45.3 Å². The summed E-state index contributed by atoms with van der Waals surface area (Å²) in [5.74, 6) is 1.76. The lowest BCUT2D eigenvalue weighted by molar-refractivity contribution is 0.414. The zero-order valence-corrected chi connectivity index (χ0v) is 14.2. The predicted octanol–water partition coefficient (Wildman–Crippen LogP) is 5.00. The predicted molar refractivity (Wildman–Crippen MR) is 89.0 cm³/mol. The van der Waals surface area contributed by atoms with Crippen molar-refractivity contribution in [1.82, 2.24) is 0 Å². The molecule has 0 amide bonds. The van der Waals surface area contributed by atoms with Crippen LogP contribution in [0.2, 0.25) is 19.6 Å². The second-order valence-corrected chi connectivity index (χ2v) is 11.8. The number of rotatable bonds is 6. The molecule has 0 saturated heterocycles. The highest BCUT2D eigenvalue weighted by molar-refractivity contribution is 6.80. The first-order chi connectivity index (χ1) is 9.48. The van der Waals surface area contributed by atoms with Crippen molar-refractivity contribution >= 4 is 8.07 Å². The lowest BCUT2D eigenvalue weighted by atomic mass is 10.0. The van der Waals surface area contributed by atoms with E-state index in [0.29, 0.717) is 0 Å². The maximum absolute atomic E-state index is 5.20. The van der Waals surface area contributed by atoms with Crippen LogP contribution in [0.15, 0.2) is 41.3 Å². The molecule has 0 radical (unpaired) electrons. The SMILES string of the molecule is COc1ccc(CCC(=C=C[Si](C)(C)C)C2CC2)cc1. The fraction of sp³-hybridized carbons (Fsp3) is 0.500. The quantitative estimate of drug-likeness (QED) is 0.528. The van der Waals surface area contributed by atoms with Gasteiger partial charge in [-0.3, -0.25) is 0 Å². The zero-order valence-electron chi connectivity index (χ0n) is 13.2. The van der Waals surface area contributed by atoms with E-state index in [1.54, 1.807) is 12.7 Å². The van der Waals surface area contributed by atoms with E-state index in [-0.39, 0.29) is 0 Å². The monoisotopic (exact) mass is 286 g/mol. The van der Waals surface area contributed by atoms with E-state index in [1.807, 2.05) is 12.1 Å². The van der Waals surface area contributed by atoms with E-state index in [4.69, 9.17) is 4.74 Å². The Morgan fingerprint density at radius 1 is 1.25 bits per heavy atom. The van der Waals surface area contributed by atoms with Gasteiger partial charge in [-0.05, 0) is 54.9 Å². The summed E-state index contributed by atoms with van der Waals surface area (Å²) in [4.78, 5) is 0. The summed E-state index contributed by atoms with van der Waals surface area (Å²) in [6, 6.07) is 8.44. The van der Waals surface area contributed by atoms with Crippen molar-refractivity contribution in [2.24, 2.45) is 5.92 Å². The third-order valence-electron chi connectivity index (χ3n) is 3.60. The summed E-state index contributed by atoms with van der Waals surface area (Å²) in [7, 11) is 0.580. The second kappa shape index (κ2) is 6.47. The maximum atomic E-state index is 5.20. The Balaban J connectivity index is 2.00. The van der Waals surface area contributed by atoms with Gasteiger partial charge in [-0.15, -0.1) is 5.73 Å². The fourth-order valence-corrected chi connectivity index (χ4v) is 2.82. The second-order valence-electron chi connectivity index (χ2n) is 6.80. The first kappa shape index (κ1) is 15.2.